The first kappa shape index (κ1) is 10.1. The molecule has 0 amide bonds. The average molecular weight is 350 g/mol. The summed E-state index contributed by atoms with van der Waals surface area (Å²) in [7, 11) is 0. The van der Waals surface area contributed by atoms with Crippen LogP contribution in [0.4, 0.5) is 0 Å². The molecule has 0 aliphatic rings. The maximum atomic E-state index is 4.17. The van der Waals surface area contributed by atoms with Gasteiger partial charge in [-0.05, 0) is 12.3 Å². The SMILES string of the molecule is Cc1nc[c-]n1-c1ccccn1.[Ir]. The van der Waals surface area contributed by atoms with E-state index in [-0.39, 0.29) is 20.1 Å². The third kappa shape index (κ3) is 2.02. The standard InChI is InChI=1S/C9H8N3.Ir/c1-8-10-6-7-12(8)9-4-2-3-5-11-9;/h2-6H,1H3;/q-1;. The summed E-state index contributed by atoms with van der Waals surface area (Å²) in [4.78, 5) is 8.23. The van der Waals surface area contributed by atoms with Gasteiger partial charge in [0.1, 0.15) is 0 Å². The van der Waals surface area contributed by atoms with Crippen LogP contribution in [-0.4, -0.2) is 14.5 Å². The smallest absolute Gasteiger partial charge is 0.0270 e. The number of imidazole rings is 1. The van der Waals surface area contributed by atoms with Crippen LogP contribution in [0.1, 0.15) is 5.82 Å². The van der Waals surface area contributed by atoms with Gasteiger partial charge in [0.2, 0.25) is 0 Å². The van der Waals surface area contributed by atoms with Crippen molar-refractivity contribution in [3.8, 4) is 5.82 Å². The summed E-state index contributed by atoms with van der Waals surface area (Å²) in [5.41, 5.74) is 0. The molecule has 0 atom stereocenters. The quantitative estimate of drug-likeness (QED) is 0.728. The summed E-state index contributed by atoms with van der Waals surface area (Å²) in [5, 5.41) is 0. The maximum Gasteiger partial charge on any atom is 0.0270 e. The second-order valence-electron chi connectivity index (χ2n) is 2.46. The molecule has 13 heavy (non-hydrogen) atoms. The Hall–Kier alpha value is -0.991. The van der Waals surface area contributed by atoms with E-state index in [4.69, 9.17) is 0 Å². The van der Waals surface area contributed by atoms with Crippen molar-refractivity contribution >= 4 is 0 Å². The molecule has 0 bridgehead atoms. The van der Waals surface area contributed by atoms with E-state index >= 15 is 0 Å². The number of aromatic nitrogens is 3. The van der Waals surface area contributed by atoms with Crippen molar-refractivity contribution in [3.63, 3.8) is 0 Å². The minimum atomic E-state index is 0. The second-order valence-corrected chi connectivity index (χ2v) is 2.46. The van der Waals surface area contributed by atoms with Gasteiger partial charge in [-0.1, -0.05) is 25.3 Å². The number of rotatable bonds is 1. The first-order valence-electron chi connectivity index (χ1n) is 3.71. The number of hydrogen-bond acceptors (Lipinski definition) is 2. The first-order chi connectivity index (χ1) is 5.88. The third-order valence-corrected chi connectivity index (χ3v) is 1.64. The molecular weight excluding hydrogens is 342 g/mol. The molecule has 0 saturated carbocycles. The van der Waals surface area contributed by atoms with Crippen LogP contribution in [0.25, 0.3) is 5.82 Å². The van der Waals surface area contributed by atoms with Crippen molar-refractivity contribution in [1.29, 1.82) is 0 Å². The molecule has 0 N–H and O–H groups in total. The Kier molecular flexibility index (Phi) is 3.34. The van der Waals surface area contributed by atoms with Crippen LogP contribution in [0.3, 0.4) is 0 Å². The fourth-order valence-corrected chi connectivity index (χ4v) is 1.05. The molecule has 2 heterocycles. The van der Waals surface area contributed by atoms with E-state index < -0.39 is 0 Å². The van der Waals surface area contributed by atoms with Gasteiger partial charge in [-0.3, -0.25) is 0 Å². The maximum absolute atomic E-state index is 4.17. The Morgan fingerprint density at radius 3 is 2.69 bits per heavy atom. The summed E-state index contributed by atoms with van der Waals surface area (Å²) in [6, 6.07) is 5.75. The van der Waals surface area contributed by atoms with Gasteiger partial charge < -0.3 is 14.5 Å². The first-order valence-corrected chi connectivity index (χ1v) is 3.71. The van der Waals surface area contributed by atoms with Crippen molar-refractivity contribution in [1.82, 2.24) is 14.5 Å². The van der Waals surface area contributed by atoms with Gasteiger partial charge in [0, 0.05) is 37.9 Å². The van der Waals surface area contributed by atoms with Crippen molar-refractivity contribution in [2.24, 2.45) is 0 Å². The normalized spacial score (nSPS) is 9.31. The Morgan fingerprint density at radius 1 is 1.31 bits per heavy atom. The Balaban J connectivity index is 0.000000845. The van der Waals surface area contributed by atoms with E-state index in [2.05, 4.69) is 16.2 Å². The van der Waals surface area contributed by atoms with E-state index in [9.17, 15) is 0 Å². The topological polar surface area (TPSA) is 30.7 Å². The Labute approximate surface area is 90.2 Å². The molecule has 1 radical (unpaired) electrons. The van der Waals surface area contributed by atoms with Gasteiger partial charge in [-0.15, -0.1) is 0 Å². The molecule has 0 unspecified atom stereocenters. The van der Waals surface area contributed by atoms with Crippen molar-refractivity contribution < 1.29 is 20.1 Å². The zero-order chi connectivity index (χ0) is 8.39. The number of hydrogen-bond donors (Lipinski definition) is 0. The van der Waals surface area contributed by atoms with Gasteiger partial charge in [0.15, 0.2) is 0 Å². The zero-order valence-electron chi connectivity index (χ0n) is 7.06. The summed E-state index contributed by atoms with van der Waals surface area (Å²) < 4.78 is 1.82. The van der Waals surface area contributed by atoms with Gasteiger partial charge in [0.25, 0.3) is 0 Å². The molecule has 2 aromatic heterocycles. The van der Waals surface area contributed by atoms with Crippen LogP contribution in [0, 0.1) is 13.1 Å². The van der Waals surface area contributed by atoms with Gasteiger partial charge in [-0.25, -0.2) is 0 Å². The largest absolute Gasteiger partial charge is 0.451 e. The van der Waals surface area contributed by atoms with E-state index in [0.717, 1.165) is 11.6 Å². The fraction of sp³-hybridized carbons (Fsp3) is 0.111. The van der Waals surface area contributed by atoms with E-state index in [0.29, 0.717) is 0 Å². The molecule has 4 heteroatoms. The van der Waals surface area contributed by atoms with Crippen molar-refractivity contribution in [2.45, 2.75) is 6.92 Å². The summed E-state index contributed by atoms with van der Waals surface area (Å²) in [5.74, 6) is 1.75. The minimum absolute atomic E-state index is 0. The predicted octanol–water partition coefficient (Wildman–Crippen LogP) is 1.37. The predicted molar refractivity (Wildman–Crippen MR) is 44.9 cm³/mol. The molecule has 0 aromatic carbocycles. The van der Waals surface area contributed by atoms with Gasteiger partial charge in [-0.2, -0.15) is 0 Å². The van der Waals surface area contributed by atoms with Crippen LogP contribution in [0.15, 0.2) is 30.6 Å². The molecule has 0 fully saturated rings. The number of pyridine rings is 1. The molecular formula is C9H8IrN3-. The van der Waals surface area contributed by atoms with Crippen molar-refractivity contribution in [3.05, 3.63) is 42.6 Å². The molecule has 0 saturated heterocycles. The minimum Gasteiger partial charge on any atom is -0.451 e. The molecule has 0 aliphatic heterocycles. The molecule has 0 aliphatic carbocycles. The summed E-state index contributed by atoms with van der Waals surface area (Å²) in [6.45, 7) is 1.92. The van der Waals surface area contributed by atoms with E-state index in [1.165, 1.54) is 0 Å². The molecule has 2 aromatic rings. The number of aryl methyl sites for hydroxylation is 1. The summed E-state index contributed by atoms with van der Waals surface area (Å²) in [6.07, 6.45) is 6.36. The van der Waals surface area contributed by atoms with Gasteiger partial charge in [0.05, 0.1) is 0 Å². The van der Waals surface area contributed by atoms with Crippen molar-refractivity contribution in [2.75, 3.05) is 0 Å². The van der Waals surface area contributed by atoms with E-state index in [1.54, 1.807) is 12.4 Å². The number of nitrogens with zero attached hydrogens (tertiary/aromatic N) is 3. The molecule has 0 spiro atoms. The van der Waals surface area contributed by atoms with Crippen LogP contribution in [0.2, 0.25) is 0 Å². The zero-order valence-corrected chi connectivity index (χ0v) is 9.46. The fourth-order valence-electron chi connectivity index (χ4n) is 1.05. The molecule has 2 rings (SSSR count). The van der Waals surface area contributed by atoms with Crippen LogP contribution in [-0.2, 0) is 20.1 Å². The third-order valence-electron chi connectivity index (χ3n) is 1.64. The Bertz CT molecular complexity index is 369. The van der Waals surface area contributed by atoms with E-state index in [1.807, 2.05) is 29.7 Å². The molecule has 69 valence electrons. The van der Waals surface area contributed by atoms with Gasteiger partial charge >= 0.3 is 0 Å². The van der Waals surface area contributed by atoms with Crippen LogP contribution >= 0.6 is 0 Å². The Morgan fingerprint density at radius 2 is 2.15 bits per heavy atom. The summed E-state index contributed by atoms with van der Waals surface area (Å²) >= 11 is 0. The average Bonchev–Trinajstić information content (AvgIpc) is 2.53. The van der Waals surface area contributed by atoms with Crippen LogP contribution in [0.5, 0.6) is 0 Å². The molecule has 3 nitrogen and oxygen atoms in total. The monoisotopic (exact) mass is 351 g/mol. The van der Waals surface area contributed by atoms with Crippen LogP contribution < -0.4 is 0 Å². The second kappa shape index (κ2) is 4.30.